The van der Waals surface area contributed by atoms with Gasteiger partial charge in [-0.2, -0.15) is 13.2 Å². The highest BCUT2D eigenvalue weighted by Crippen LogP contribution is 2.29. The summed E-state index contributed by atoms with van der Waals surface area (Å²) in [5.41, 5.74) is 2.40. The lowest BCUT2D eigenvalue weighted by Crippen LogP contribution is -2.27. The lowest BCUT2D eigenvalue weighted by Gasteiger charge is -2.27. The van der Waals surface area contributed by atoms with E-state index in [-0.39, 0.29) is 17.8 Å². The third-order valence-electron chi connectivity index (χ3n) is 5.06. The average molecular weight is 436 g/mol. The fourth-order valence-electron chi connectivity index (χ4n) is 3.48. The first-order valence-electron chi connectivity index (χ1n) is 10.1. The quantitative estimate of drug-likeness (QED) is 0.440. The molecule has 0 aliphatic heterocycles. The molecule has 0 radical (unpaired) electrons. The van der Waals surface area contributed by atoms with Gasteiger partial charge in [-0.25, -0.2) is 4.79 Å². The van der Waals surface area contributed by atoms with E-state index in [0.29, 0.717) is 12.8 Å². The molecule has 3 rings (SSSR count). The van der Waals surface area contributed by atoms with E-state index >= 15 is 0 Å². The van der Waals surface area contributed by atoms with Crippen LogP contribution in [0.1, 0.15) is 63.1 Å². The molecule has 2 aromatic carbocycles. The fraction of sp³-hybridized carbons (Fsp3) is 0.417. The Balaban J connectivity index is 0.000000285. The Morgan fingerprint density at radius 3 is 1.90 bits per heavy atom. The zero-order valence-corrected chi connectivity index (χ0v) is 17.9. The molecule has 0 spiro atoms. The molecule has 1 aliphatic rings. The van der Waals surface area contributed by atoms with Crippen LogP contribution in [0, 0.1) is 13.8 Å². The van der Waals surface area contributed by atoms with Crippen molar-refractivity contribution in [2.24, 2.45) is 0 Å². The maximum absolute atomic E-state index is 12.4. The summed E-state index contributed by atoms with van der Waals surface area (Å²) in [6.45, 7) is 3.97. The van der Waals surface area contributed by atoms with Gasteiger partial charge in [0, 0.05) is 12.7 Å². The molecule has 0 N–H and O–H groups in total. The van der Waals surface area contributed by atoms with E-state index < -0.39 is 17.7 Å². The van der Waals surface area contributed by atoms with Crippen molar-refractivity contribution in [1.29, 1.82) is 0 Å². The Morgan fingerprint density at radius 1 is 0.935 bits per heavy atom. The molecule has 1 fully saturated rings. The standard InChI is InChI=1S/C15H17F3O3.C9H10O/c1-20-12-6-8-13(9-7-12)21-14(19)10-2-4-11(5-3-10)15(16,17)18;1-7-3-8(2)5-9(4-7)6-10/h2-5,12-13H,6-9H2,1H3;3-6H,1-2H3. The van der Waals surface area contributed by atoms with Crippen molar-refractivity contribution >= 4 is 12.3 Å². The first kappa shape index (κ1) is 24.6. The van der Waals surface area contributed by atoms with Gasteiger partial charge in [-0.05, 0) is 75.9 Å². The lowest BCUT2D eigenvalue weighted by molar-refractivity contribution is -0.137. The molecular formula is C24H27F3O4. The molecule has 7 heteroatoms. The first-order chi connectivity index (χ1) is 14.6. The second-order valence-electron chi connectivity index (χ2n) is 7.65. The van der Waals surface area contributed by atoms with Crippen LogP contribution in [-0.4, -0.2) is 31.6 Å². The Morgan fingerprint density at radius 2 is 1.45 bits per heavy atom. The zero-order valence-electron chi connectivity index (χ0n) is 17.9. The maximum Gasteiger partial charge on any atom is 0.416 e. The highest BCUT2D eigenvalue weighted by molar-refractivity contribution is 5.89. The van der Waals surface area contributed by atoms with Crippen LogP contribution in [0.4, 0.5) is 13.2 Å². The minimum absolute atomic E-state index is 0.136. The predicted molar refractivity (Wildman–Crippen MR) is 111 cm³/mol. The minimum atomic E-state index is -4.40. The molecule has 0 atom stereocenters. The molecule has 1 saturated carbocycles. The SMILES string of the molecule is COC1CCC(OC(=O)c2ccc(C(F)(F)F)cc2)CC1.Cc1cc(C)cc(C=O)c1. The van der Waals surface area contributed by atoms with E-state index in [1.54, 1.807) is 7.11 Å². The minimum Gasteiger partial charge on any atom is -0.459 e. The third-order valence-corrected chi connectivity index (χ3v) is 5.06. The Labute approximate surface area is 180 Å². The predicted octanol–water partition coefficient (Wildman–Crippen LogP) is 5.94. The number of esters is 1. The highest BCUT2D eigenvalue weighted by Gasteiger charge is 2.30. The number of rotatable bonds is 4. The largest absolute Gasteiger partial charge is 0.459 e. The lowest BCUT2D eigenvalue weighted by atomic mass is 9.95. The normalized spacial score (nSPS) is 18.5. The number of carbonyl (C=O) groups excluding carboxylic acids is 2. The van der Waals surface area contributed by atoms with E-state index in [0.717, 1.165) is 60.1 Å². The van der Waals surface area contributed by atoms with E-state index in [1.165, 1.54) is 0 Å². The smallest absolute Gasteiger partial charge is 0.416 e. The number of aryl methyl sites for hydroxylation is 2. The molecule has 4 nitrogen and oxygen atoms in total. The summed E-state index contributed by atoms with van der Waals surface area (Å²) in [5.74, 6) is -0.579. The second-order valence-corrected chi connectivity index (χ2v) is 7.65. The molecule has 0 aromatic heterocycles. The summed E-state index contributed by atoms with van der Waals surface area (Å²) in [5, 5.41) is 0. The van der Waals surface area contributed by atoms with Gasteiger partial charge in [0.2, 0.25) is 0 Å². The van der Waals surface area contributed by atoms with Gasteiger partial charge in [0.15, 0.2) is 0 Å². The molecule has 2 aromatic rings. The van der Waals surface area contributed by atoms with Gasteiger partial charge in [0.25, 0.3) is 0 Å². The maximum atomic E-state index is 12.4. The van der Waals surface area contributed by atoms with E-state index in [9.17, 15) is 22.8 Å². The molecule has 0 saturated heterocycles. The average Bonchev–Trinajstić information content (AvgIpc) is 2.73. The van der Waals surface area contributed by atoms with Gasteiger partial charge < -0.3 is 9.47 Å². The number of halogens is 3. The summed E-state index contributed by atoms with van der Waals surface area (Å²) >= 11 is 0. The van der Waals surface area contributed by atoms with Crippen molar-refractivity contribution < 1.29 is 32.2 Å². The summed E-state index contributed by atoms with van der Waals surface area (Å²) in [6.07, 6.45) is -0.447. The third kappa shape index (κ3) is 7.83. The first-order valence-corrected chi connectivity index (χ1v) is 10.1. The van der Waals surface area contributed by atoms with Gasteiger partial charge in [-0.15, -0.1) is 0 Å². The number of alkyl halides is 3. The van der Waals surface area contributed by atoms with Crippen LogP contribution < -0.4 is 0 Å². The van der Waals surface area contributed by atoms with Crippen molar-refractivity contribution in [3.05, 3.63) is 70.3 Å². The van der Waals surface area contributed by atoms with Crippen LogP contribution in [0.2, 0.25) is 0 Å². The number of methoxy groups -OCH3 is 1. The Bertz CT molecular complexity index is 847. The van der Waals surface area contributed by atoms with Crippen LogP contribution in [-0.2, 0) is 15.7 Å². The molecule has 168 valence electrons. The second kappa shape index (κ2) is 11.1. The summed E-state index contributed by atoms with van der Waals surface area (Å²) in [4.78, 5) is 22.2. The fourth-order valence-corrected chi connectivity index (χ4v) is 3.48. The van der Waals surface area contributed by atoms with Gasteiger partial charge in [-0.1, -0.05) is 17.2 Å². The number of hydrogen-bond donors (Lipinski definition) is 0. The van der Waals surface area contributed by atoms with E-state index in [4.69, 9.17) is 9.47 Å². The summed E-state index contributed by atoms with van der Waals surface area (Å²) in [6, 6.07) is 9.86. The number of ether oxygens (including phenoxy) is 2. The molecule has 31 heavy (non-hydrogen) atoms. The highest BCUT2D eigenvalue weighted by atomic mass is 19.4. The van der Waals surface area contributed by atoms with E-state index in [1.807, 2.05) is 32.0 Å². The number of hydrogen-bond acceptors (Lipinski definition) is 4. The molecule has 0 heterocycles. The molecule has 0 bridgehead atoms. The Hall–Kier alpha value is -2.67. The van der Waals surface area contributed by atoms with Crippen molar-refractivity contribution in [2.75, 3.05) is 7.11 Å². The van der Waals surface area contributed by atoms with Gasteiger partial charge in [0.1, 0.15) is 12.4 Å². The summed E-state index contributed by atoms with van der Waals surface area (Å²) in [7, 11) is 1.65. The number of benzene rings is 2. The van der Waals surface area contributed by atoms with Crippen LogP contribution in [0.5, 0.6) is 0 Å². The van der Waals surface area contributed by atoms with Crippen molar-refractivity contribution in [2.45, 2.75) is 57.9 Å². The van der Waals surface area contributed by atoms with Crippen molar-refractivity contribution in [3.63, 3.8) is 0 Å². The van der Waals surface area contributed by atoms with Crippen molar-refractivity contribution in [3.8, 4) is 0 Å². The van der Waals surface area contributed by atoms with Crippen LogP contribution in [0.3, 0.4) is 0 Å². The van der Waals surface area contributed by atoms with Crippen LogP contribution in [0.15, 0.2) is 42.5 Å². The molecule has 1 aliphatic carbocycles. The van der Waals surface area contributed by atoms with Gasteiger partial charge in [0.05, 0.1) is 17.2 Å². The van der Waals surface area contributed by atoms with E-state index in [2.05, 4.69) is 0 Å². The number of aldehydes is 1. The van der Waals surface area contributed by atoms with Gasteiger partial charge in [-0.3, -0.25) is 4.79 Å². The van der Waals surface area contributed by atoms with Gasteiger partial charge >= 0.3 is 12.1 Å². The molecule has 0 unspecified atom stereocenters. The van der Waals surface area contributed by atoms with Crippen LogP contribution >= 0.6 is 0 Å². The number of carbonyl (C=O) groups is 2. The zero-order chi connectivity index (χ0) is 23.0. The molecular weight excluding hydrogens is 409 g/mol. The Kier molecular flexibility index (Phi) is 8.80. The summed E-state index contributed by atoms with van der Waals surface area (Å²) < 4.78 is 47.9. The topological polar surface area (TPSA) is 52.6 Å². The van der Waals surface area contributed by atoms with Crippen molar-refractivity contribution in [1.82, 2.24) is 0 Å². The molecule has 0 amide bonds. The van der Waals surface area contributed by atoms with Crippen LogP contribution in [0.25, 0.3) is 0 Å². The monoisotopic (exact) mass is 436 g/mol.